The molecular weight excluding hydrogens is 284 g/mol. The molecule has 0 saturated carbocycles. The highest BCUT2D eigenvalue weighted by atomic mass is 32.1. The smallest absolute Gasteiger partial charge is 0.250 e. The van der Waals surface area contributed by atoms with Gasteiger partial charge in [0, 0.05) is 6.08 Å². The fourth-order valence-corrected chi connectivity index (χ4v) is 2.93. The summed E-state index contributed by atoms with van der Waals surface area (Å²) in [4.78, 5) is 16.3. The van der Waals surface area contributed by atoms with Crippen molar-refractivity contribution in [3.63, 3.8) is 0 Å². The molecule has 2 heterocycles. The number of rotatable bonds is 3. The van der Waals surface area contributed by atoms with Gasteiger partial charge < -0.3 is 4.42 Å². The average Bonchev–Trinajstić information content (AvgIpc) is 3.03. The van der Waals surface area contributed by atoms with Crippen LogP contribution in [-0.2, 0) is 4.79 Å². The van der Waals surface area contributed by atoms with Crippen LogP contribution in [0.25, 0.3) is 16.3 Å². The van der Waals surface area contributed by atoms with Crippen LogP contribution in [0.5, 0.6) is 0 Å². The molecule has 0 aliphatic rings. The van der Waals surface area contributed by atoms with Crippen molar-refractivity contribution in [2.45, 2.75) is 13.8 Å². The Morgan fingerprint density at radius 2 is 2.14 bits per heavy atom. The van der Waals surface area contributed by atoms with Gasteiger partial charge in [-0.3, -0.25) is 10.1 Å². The maximum Gasteiger partial charge on any atom is 0.250 e. The topological polar surface area (TPSA) is 55.1 Å². The highest BCUT2D eigenvalue weighted by Crippen LogP contribution is 2.27. The molecule has 0 aliphatic carbocycles. The summed E-state index contributed by atoms with van der Waals surface area (Å²) in [6, 6.07) is 9.67. The van der Waals surface area contributed by atoms with Crippen LogP contribution >= 0.6 is 11.3 Å². The predicted molar refractivity (Wildman–Crippen MR) is 85.5 cm³/mol. The molecule has 3 aromatic rings. The van der Waals surface area contributed by atoms with Gasteiger partial charge in [0.2, 0.25) is 5.91 Å². The second kappa shape index (κ2) is 5.54. The number of fused-ring (bicyclic) bond motifs is 1. The minimum atomic E-state index is -0.222. The van der Waals surface area contributed by atoms with Crippen LogP contribution in [-0.4, -0.2) is 10.9 Å². The average molecular weight is 298 g/mol. The fourth-order valence-electron chi connectivity index (χ4n) is 1.99. The molecule has 0 unspecified atom stereocenters. The molecule has 2 aromatic heterocycles. The molecule has 4 nitrogen and oxygen atoms in total. The van der Waals surface area contributed by atoms with Gasteiger partial charge in [0.05, 0.1) is 10.2 Å². The van der Waals surface area contributed by atoms with Crippen LogP contribution in [0, 0.1) is 13.8 Å². The highest BCUT2D eigenvalue weighted by molar-refractivity contribution is 7.22. The SMILES string of the molecule is Cc1ccc(C=CC(=O)Nc2nc3c(C)cccc3s2)o1. The van der Waals surface area contributed by atoms with Crippen molar-refractivity contribution in [1.29, 1.82) is 0 Å². The number of hydrogen-bond acceptors (Lipinski definition) is 4. The summed E-state index contributed by atoms with van der Waals surface area (Å²) in [6.45, 7) is 3.87. The number of nitrogens with zero attached hydrogens (tertiary/aromatic N) is 1. The van der Waals surface area contributed by atoms with E-state index in [2.05, 4.69) is 10.3 Å². The van der Waals surface area contributed by atoms with Crippen LogP contribution in [0.1, 0.15) is 17.1 Å². The van der Waals surface area contributed by atoms with Crippen LogP contribution in [0.2, 0.25) is 0 Å². The lowest BCUT2D eigenvalue weighted by atomic mass is 10.2. The van der Waals surface area contributed by atoms with Gasteiger partial charge in [0.15, 0.2) is 5.13 Å². The fraction of sp³-hybridized carbons (Fsp3) is 0.125. The summed E-state index contributed by atoms with van der Waals surface area (Å²) in [6.07, 6.45) is 3.08. The third-order valence-corrected chi connectivity index (χ3v) is 3.95. The molecule has 0 atom stereocenters. The molecule has 5 heteroatoms. The summed E-state index contributed by atoms with van der Waals surface area (Å²) >= 11 is 1.47. The van der Waals surface area contributed by atoms with Gasteiger partial charge in [-0.1, -0.05) is 23.5 Å². The molecule has 0 aliphatic heterocycles. The second-order valence-corrected chi connectivity index (χ2v) is 5.74. The lowest BCUT2D eigenvalue weighted by Gasteiger charge is -1.94. The molecule has 21 heavy (non-hydrogen) atoms. The Morgan fingerprint density at radius 3 is 2.86 bits per heavy atom. The largest absolute Gasteiger partial charge is 0.462 e. The molecule has 3 rings (SSSR count). The Morgan fingerprint density at radius 1 is 1.29 bits per heavy atom. The van der Waals surface area contributed by atoms with E-state index < -0.39 is 0 Å². The Balaban J connectivity index is 1.74. The Hall–Kier alpha value is -2.40. The summed E-state index contributed by atoms with van der Waals surface area (Å²) in [7, 11) is 0. The zero-order valence-electron chi connectivity index (χ0n) is 11.7. The van der Waals surface area contributed by atoms with E-state index in [-0.39, 0.29) is 5.91 Å². The maximum absolute atomic E-state index is 11.9. The van der Waals surface area contributed by atoms with E-state index in [1.165, 1.54) is 17.4 Å². The number of para-hydroxylation sites is 1. The third-order valence-electron chi connectivity index (χ3n) is 3.01. The van der Waals surface area contributed by atoms with Gasteiger partial charge in [-0.2, -0.15) is 0 Å². The minimum Gasteiger partial charge on any atom is -0.462 e. The standard InChI is InChI=1S/C16H14N2O2S/c1-10-4-3-5-13-15(10)18-16(21-13)17-14(19)9-8-12-7-6-11(2)20-12/h3-9H,1-2H3,(H,17,18,19). The first kappa shape index (κ1) is 13.6. The first-order valence-electron chi connectivity index (χ1n) is 6.53. The molecule has 0 saturated heterocycles. The lowest BCUT2D eigenvalue weighted by Crippen LogP contribution is -2.07. The van der Waals surface area contributed by atoms with Crippen molar-refractivity contribution in [2.24, 2.45) is 0 Å². The number of benzene rings is 1. The molecule has 0 fully saturated rings. The zero-order chi connectivity index (χ0) is 14.8. The second-order valence-electron chi connectivity index (χ2n) is 4.71. The lowest BCUT2D eigenvalue weighted by molar-refractivity contribution is -0.111. The van der Waals surface area contributed by atoms with Gasteiger partial charge in [-0.25, -0.2) is 4.98 Å². The normalized spacial score (nSPS) is 11.3. The quantitative estimate of drug-likeness (QED) is 0.739. The number of aryl methyl sites for hydroxylation is 2. The Labute approximate surface area is 126 Å². The van der Waals surface area contributed by atoms with Gasteiger partial charge >= 0.3 is 0 Å². The van der Waals surface area contributed by atoms with E-state index in [4.69, 9.17) is 4.42 Å². The van der Waals surface area contributed by atoms with Crippen molar-refractivity contribution < 1.29 is 9.21 Å². The molecule has 1 aromatic carbocycles. The van der Waals surface area contributed by atoms with Crippen molar-refractivity contribution in [3.8, 4) is 0 Å². The number of thiazole rings is 1. The van der Waals surface area contributed by atoms with E-state index in [0.717, 1.165) is 21.5 Å². The Bertz CT molecular complexity index is 830. The van der Waals surface area contributed by atoms with E-state index >= 15 is 0 Å². The van der Waals surface area contributed by atoms with Crippen molar-refractivity contribution in [1.82, 2.24) is 4.98 Å². The molecule has 106 valence electrons. The van der Waals surface area contributed by atoms with Crippen molar-refractivity contribution >= 4 is 38.7 Å². The van der Waals surface area contributed by atoms with Gasteiger partial charge in [-0.05, 0) is 43.7 Å². The van der Waals surface area contributed by atoms with E-state index in [9.17, 15) is 4.79 Å². The van der Waals surface area contributed by atoms with E-state index in [1.54, 1.807) is 6.08 Å². The zero-order valence-corrected chi connectivity index (χ0v) is 12.5. The maximum atomic E-state index is 11.9. The number of amides is 1. The van der Waals surface area contributed by atoms with Crippen LogP contribution in [0.4, 0.5) is 5.13 Å². The van der Waals surface area contributed by atoms with E-state index in [1.807, 2.05) is 44.2 Å². The number of carbonyl (C=O) groups excluding carboxylic acids is 1. The molecule has 1 N–H and O–H groups in total. The number of furan rings is 1. The molecule has 0 radical (unpaired) electrons. The van der Waals surface area contributed by atoms with Gasteiger partial charge in [-0.15, -0.1) is 0 Å². The highest BCUT2D eigenvalue weighted by Gasteiger charge is 2.07. The first-order valence-corrected chi connectivity index (χ1v) is 7.35. The third kappa shape index (κ3) is 3.03. The number of anilines is 1. The van der Waals surface area contributed by atoms with E-state index in [0.29, 0.717) is 10.9 Å². The summed E-state index contributed by atoms with van der Waals surface area (Å²) in [5, 5.41) is 3.38. The molecule has 0 spiro atoms. The van der Waals surface area contributed by atoms with Crippen LogP contribution in [0.15, 0.2) is 40.8 Å². The van der Waals surface area contributed by atoms with Crippen LogP contribution < -0.4 is 5.32 Å². The number of aromatic nitrogens is 1. The monoisotopic (exact) mass is 298 g/mol. The molecule has 1 amide bonds. The predicted octanol–water partition coefficient (Wildman–Crippen LogP) is 4.16. The number of hydrogen-bond donors (Lipinski definition) is 1. The summed E-state index contributed by atoms with van der Waals surface area (Å²) in [5.41, 5.74) is 2.04. The molecule has 0 bridgehead atoms. The molecular formula is C16H14N2O2S. The summed E-state index contributed by atoms with van der Waals surface area (Å²) in [5.74, 6) is 1.25. The first-order chi connectivity index (χ1) is 10.1. The van der Waals surface area contributed by atoms with Gasteiger partial charge in [0.1, 0.15) is 11.5 Å². The van der Waals surface area contributed by atoms with Crippen LogP contribution in [0.3, 0.4) is 0 Å². The van der Waals surface area contributed by atoms with Gasteiger partial charge in [0.25, 0.3) is 0 Å². The summed E-state index contributed by atoms with van der Waals surface area (Å²) < 4.78 is 6.43. The Kier molecular flexibility index (Phi) is 3.58. The van der Waals surface area contributed by atoms with Crippen molar-refractivity contribution in [2.75, 3.05) is 5.32 Å². The van der Waals surface area contributed by atoms with Crippen molar-refractivity contribution in [3.05, 3.63) is 53.5 Å². The number of carbonyl (C=O) groups is 1. The number of nitrogens with one attached hydrogen (secondary N) is 1. The minimum absolute atomic E-state index is 0.222.